The molecule has 3 aliphatic heterocycles. The summed E-state index contributed by atoms with van der Waals surface area (Å²) in [6.07, 6.45) is 1.25. The number of ether oxygens (including phenoxy) is 3. The van der Waals surface area contributed by atoms with Gasteiger partial charge in [0.15, 0.2) is 0 Å². The molecular formula is C56H42O12. The quantitative estimate of drug-likeness (QED) is 0.0652. The first-order valence-corrected chi connectivity index (χ1v) is 21.8. The lowest BCUT2D eigenvalue weighted by Gasteiger charge is -2.28. The second kappa shape index (κ2) is 16.2. The number of aromatic hydroxyl groups is 9. The Bertz CT molecular complexity index is 3250. The van der Waals surface area contributed by atoms with Gasteiger partial charge in [-0.3, -0.25) is 0 Å². The molecule has 3 heterocycles. The van der Waals surface area contributed by atoms with E-state index < -0.39 is 36.1 Å². The highest BCUT2D eigenvalue weighted by Gasteiger charge is 2.49. The number of rotatable bonds is 8. The van der Waals surface area contributed by atoms with Crippen molar-refractivity contribution in [1.82, 2.24) is 0 Å². The molecule has 8 aromatic rings. The van der Waals surface area contributed by atoms with E-state index in [-0.39, 0.29) is 51.7 Å². The summed E-state index contributed by atoms with van der Waals surface area (Å²) in [6.45, 7) is 0. The Kier molecular flexibility index (Phi) is 9.96. The van der Waals surface area contributed by atoms with Crippen LogP contribution in [0, 0.1) is 0 Å². The third-order valence-electron chi connectivity index (χ3n) is 13.0. The first kappa shape index (κ1) is 41.8. The highest BCUT2D eigenvalue weighted by Crippen LogP contribution is 2.63. The van der Waals surface area contributed by atoms with Crippen LogP contribution in [0.25, 0.3) is 12.2 Å². The molecule has 0 aromatic heterocycles. The van der Waals surface area contributed by atoms with Gasteiger partial charge in [-0.2, -0.15) is 0 Å². The zero-order valence-corrected chi connectivity index (χ0v) is 35.8. The molecule has 68 heavy (non-hydrogen) atoms. The lowest BCUT2D eigenvalue weighted by molar-refractivity contribution is 0.219. The Hall–Kier alpha value is -8.90. The molecule has 11 rings (SSSR count). The van der Waals surface area contributed by atoms with Crippen molar-refractivity contribution in [3.8, 4) is 69.0 Å². The van der Waals surface area contributed by atoms with E-state index in [9.17, 15) is 46.0 Å². The van der Waals surface area contributed by atoms with Gasteiger partial charge in [-0.15, -0.1) is 0 Å². The van der Waals surface area contributed by atoms with Gasteiger partial charge in [0.05, 0.1) is 17.8 Å². The molecule has 0 aliphatic carbocycles. The minimum atomic E-state index is -0.856. The molecule has 0 radical (unpaired) electrons. The fraction of sp³-hybridized carbons (Fsp3) is 0.107. The summed E-state index contributed by atoms with van der Waals surface area (Å²) in [5.41, 5.74) is 6.86. The van der Waals surface area contributed by atoms with Crippen molar-refractivity contribution in [2.75, 3.05) is 0 Å². The van der Waals surface area contributed by atoms with Crippen LogP contribution in [0.4, 0.5) is 0 Å². The van der Waals surface area contributed by atoms with E-state index in [0.717, 1.165) is 5.56 Å². The molecule has 0 saturated heterocycles. The van der Waals surface area contributed by atoms with Gasteiger partial charge in [-0.1, -0.05) is 60.7 Å². The van der Waals surface area contributed by atoms with Crippen molar-refractivity contribution >= 4 is 12.2 Å². The van der Waals surface area contributed by atoms with E-state index in [1.807, 2.05) is 12.2 Å². The number of fused-ring (bicyclic) bond motifs is 3. The lowest BCUT2D eigenvalue weighted by atomic mass is 9.73. The fourth-order valence-electron chi connectivity index (χ4n) is 10.2. The number of benzene rings is 8. The van der Waals surface area contributed by atoms with Crippen LogP contribution in [-0.4, -0.2) is 46.0 Å². The minimum Gasteiger partial charge on any atom is -0.508 e. The van der Waals surface area contributed by atoms with Crippen molar-refractivity contribution in [1.29, 1.82) is 0 Å². The molecule has 6 atom stereocenters. The maximum atomic E-state index is 11.8. The third-order valence-corrected chi connectivity index (χ3v) is 13.0. The normalized spacial score (nSPS) is 20.0. The van der Waals surface area contributed by atoms with Crippen LogP contribution in [0.15, 0.2) is 152 Å². The van der Waals surface area contributed by atoms with Crippen LogP contribution in [0.5, 0.6) is 69.0 Å². The topological polar surface area (TPSA) is 210 Å². The molecule has 8 aromatic carbocycles. The number of phenolic OH excluding ortho intramolecular Hbond substituents is 9. The van der Waals surface area contributed by atoms with Crippen LogP contribution in [0.2, 0.25) is 0 Å². The molecule has 0 saturated carbocycles. The average Bonchev–Trinajstić information content (AvgIpc) is 4.01. The van der Waals surface area contributed by atoms with Crippen molar-refractivity contribution in [3.63, 3.8) is 0 Å². The Morgan fingerprint density at radius 2 is 0.647 bits per heavy atom. The van der Waals surface area contributed by atoms with Crippen molar-refractivity contribution < 1.29 is 60.2 Å². The van der Waals surface area contributed by atoms with Gasteiger partial charge in [0.1, 0.15) is 87.3 Å². The second-order valence-corrected chi connectivity index (χ2v) is 17.4. The zero-order chi connectivity index (χ0) is 47.0. The van der Waals surface area contributed by atoms with E-state index in [0.29, 0.717) is 72.9 Å². The third kappa shape index (κ3) is 7.37. The Morgan fingerprint density at radius 3 is 1.10 bits per heavy atom. The van der Waals surface area contributed by atoms with Gasteiger partial charge in [0, 0.05) is 41.0 Å². The lowest BCUT2D eigenvalue weighted by Crippen LogP contribution is -2.18. The first-order chi connectivity index (χ1) is 32.8. The molecule has 0 amide bonds. The molecule has 338 valence electrons. The van der Waals surface area contributed by atoms with Gasteiger partial charge in [-0.25, -0.2) is 0 Å². The zero-order valence-electron chi connectivity index (χ0n) is 35.8. The van der Waals surface area contributed by atoms with Crippen LogP contribution in [0.1, 0.15) is 97.3 Å². The van der Waals surface area contributed by atoms with Crippen molar-refractivity contribution in [2.45, 2.75) is 36.1 Å². The molecule has 9 N–H and O–H groups in total. The monoisotopic (exact) mass is 906 g/mol. The van der Waals surface area contributed by atoms with Crippen molar-refractivity contribution in [2.24, 2.45) is 0 Å². The fourth-order valence-corrected chi connectivity index (χ4v) is 10.2. The summed E-state index contributed by atoms with van der Waals surface area (Å²) in [7, 11) is 0. The maximum absolute atomic E-state index is 11.8. The van der Waals surface area contributed by atoms with E-state index in [2.05, 4.69) is 0 Å². The minimum absolute atomic E-state index is 0.0267. The summed E-state index contributed by atoms with van der Waals surface area (Å²) in [5, 5.41) is 97.7. The van der Waals surface area contributed by atoms with Crippen LogP contribution in [-0.2, 0) is 0 Å². The SMILES string of the molecule is Oc1ccc(C=Cc2cc(O)cc3c2[C@@H](c2cc(O)cc4c2[C@H](c2cc(O)cc5c2[C@H](c2cc(O)cc(O)c2)[C@@H](c2ccc(O)cc2)O5)[C@@H](c2ccc(O)cc2)O4)[C@H](c2ccc(O)cc2)O3)cc1. The van der Waals surface area contributed by atoms with E-state index >= 15 is 0 Å². The summed E-state index contributed by atoms with van der Waals surface area (Å²) >= 11 is 0. The Balaban J connectivity index is 1.18. The smallest absolute Gasteiger partial charge is 0.135 e. The molecule has 0 fully saturated rings. The van der Waals surface area contributed by atoms with Gasteiger partial charge in [-0.05, 0) is 123 Å². The molecule has 3 aliphatic rings. The van der Waals surface area contributed by atoms with E-state index in [1.165, 1.54) is 36.4 Å². The summed E-state index contributed by atoms with van der Waals surface area (Å²) in [6, 6.07) is 40.2. The summed E-state index contributed by atoms with van der Waals surface area (Å²) in [4.78, 5) is 0. The highest BCUT2D eigenvalue weighted by atomic mass is 16.5. The van der Waals surface area contributed by atoms with Crippen LogP contribution >= 0.6 is 0 Å². The number of hydrogen-bond donors (Lipinski definition) is 9. The summed E-state index contributed by atoms with van der Waals surface area (Å²) in [5.74, 6) is -1.73. The predicted octanol–water partition coefficient (Wildman–Crippen LogP) is 11.0. The molecule has 0 unspecified atom stereocenters. The number of hydrogen-bond acceptors (Lipinski definition) is 12. The summed E-state index contributed by atoms with van der Waals surface area (Å²) < 4.78 is 20.6. The second-order valence-electron chi connectivity index (χ2n) is 17.4. The van der Waals surface area contributed by atoms with Crippen LogP contribution in [0.3, 0.4) is 0 Å². The van der Waals surface area contributed by atoms with Gasteiger partial charge >= 0.3 is 0 Å². The van der Waals surface area contributed by atoms with Crippen LogP contribution < -0.4 is 14.2 Å². The largest absolute Gasteiger partial charge is 0.508 e. The van der Waals surface area contributed by atoms with E-state index in [4.69, 9.17) is 14.2 Å². The molecular weight excluding hydrogens is 865 g/mol. The Labute approximate surface area is 389 Å². The first-order valence-electron chi connectivity index (χ1n) is 21.8. The number of phenols is 9. The predicted molar refractivity (Wildman–Crippen MR) is 251 cm³/mol. The molecule has 0 spiro atoms. The standard InChI is InChI=1S/C56H42O12/c57-34-11-2-28(3-12-34)1-4-32-19-40(63)25-45-48(32)52(55(66-45)30-7-15-36(59)16-8-30)44-24-42(65)27-47-51(44)53(56(68-47)31-9-17-37(60)18-10-31)43-23-41(64)26-46-50(43)49(33-20-38(61)22-39(62)21-33)54(67-46)29-5-13-35(58)14-6-29/h1-27,49,52-65H/t49-,52+,53-,54+,55-,56+/m0/s1. The van der Waals surface area contributed by atoms with E-state index in [1.54, 1.807) is 115 Å². The van der Waals surface area contributed by atoms with Crippen molar-refractivity contribution in [3.05, 3.63) is 213 Å². The molecule has 0 bridgehead atoms. The average molecular weight is 907 g/mol. The Morgan fingerprint density at radius 1 is 0.294 bits per heavy atom. The molecule has 12 nitrogen and oxygen atoms in total. The van der Waals surface area contributed by atoms with Gasteiger partial charge < -0.3 is 60.2 Å². The molecule has 12 heteroatoms. The highest BCUT2D eigenvalue weighted by molar-refractivity contribution is 5.76. The van der Waals surface area contributed by atoms with Gasteiger partial charge in [0.25, 0.3) is 0 Å². The maximum Gasteiger partial charge on any atom is 0.135 e. The van der Waals surface area contributed by atoms with Gasteiger partial charge in [0.2, 0.25) is 0 Å².